The molecule has 3 aromatic carbocycles. The predicted molar refractivity (Wildman–Crippen MR) is 124 cm³/mol. The molecule has 7 heteroatoms. The van der Waals surface area contributed by atoms with E-state index in [0.29, 0.717) is 12.3 Å². The maximum atomic E-state index is 13.4. The Hall–Kier alpha value is -4.00. The van der Waals surface area contributed by atoms with Crippen LogP contribution >= 0.6 is 0 Å². The van der Waals surface area contributed by atoms with Gasteiger partial charge in [-0.3, -0.25) is 4.79 Å². The first-order valence-corrected chi connectivity index (χ1v) is 10.4. The van der Waals surface area contributed by atoms with Crippen LogP contribution in [-0.4, -0.2) is 42.7 Å². The molecule has 0 spiro atoms. The van der Waals surface area contributed by atoms with Crippen LogP contribution in [0.2, 0.25) is 0 Å². The van der Waals surface area contributed by atoms with Gasteiger partial charge in [-0.05, 0) is 42.3 Å². The van der Waals surface area contributed by atoms with E-state index >= 15 is 0 Å². The Bertz CT molecular complexity index is 1100. The fourth-order valence-corrected chi connectivity index (χ4v) is 3.53. The predicted octanol–water partition coefficient (Wildman–Crippen LogP) is 4.57. The molecule has 0 saturated heterocycles. The molecule has 7 nitrogen and oxygen atoms in total. The highest BCUT2D eigenvalue weighted by atomic mass is 16.5. The van der Waals surface area contributed by atoms with Gasteiger partial charge in [0.1, 0.15) is 11.3 Å². The highest BCUT2D eigenvalue weighted by Gasteiger charge is 2.24. The van der Waals surface area contributed by atoms with Crippen molar-refractivity contribution in [3.63, 3.8) is 0 Å². The van der Waals surface area contributed by atoms with E-state index in [4.69, 9.17) is 14.2 Å². The number of carbonyl (C=O) groups is 2. The van der Waals surface area contributed by atoms with Crippen LogP contribution in [-0.2, 0) is 11.3 Å². The fourth-order valence-electron chi connectivity index (χ4n) is 3.53. The zero-order valence-corrected chi connectivity index (χ0v) is 18.9. The van der Waals surface area contributed by atoms with E-state index in [0.717, 1.165) is 11.1 Å². The Morgan fingerprint density at radius 2 is 1.67 bits per heavy atom. The van der Waals surface area contributed by atoms with E-state index in [1.807, 2.05) is 61.5 Å². The number of hydrogen-bond donors (Lipinski definition) is 1. The Labute approximate surface area is 193 Å². The van der Waals surface area contributed by atoms with Gasteiger partial charge in [-0.25, -0.2) is 4.79 Å². The van der Waals surface area contributed by atoms with Crippen molar-refractivity contribution in [2.75, 3.05) is 20.8 Å². The molecule has 172 valence electrons. The van der Waals surface area contributed by atoms with Crippen LogP contribution in [0.15, 0.2) is 72.8 Å². The molecule has 0 aliphatic rings. The average Bonchev–Trinajstić information content (AvgIpc) is 2.85. The molecule has 1 N–H and O–H groups in total. The van der Waals surface area contributed by atoms with Gasteiger partial charge in [0.2, 0.25) is 0 Å². The second-order valence-corrected chi connectivity index (χ2v) is 7.39. The first-order valence-electron chi connectivity index (χ1n) is 10.4. The molecular weight excluding hydrogens is 422 g/mol. The Balaban J connectivity index is 1.87. The van der Waals surface area contributed by atoms with Crippen LogP contribution in [0.4, 0.5) is 0 Å². The summed E-state index contributed by atoms with van der Waals surface area (Å²) < 4.78 is 16.3. The molecule has 0 radical (unpaired) electrons. The number of benzene rings is 3. The van der Waals surface area contributed by atoms with Crippen molar-refractivity contribution < 1.29 is 28.9 Å². The van der Waals surface area contributed by atoms with Crippen molar-refractivity contribution in [2.45, 2.75) is 19.5 Å². The van der Waals surface area contributed by atoms with Gasteiger partial charge in [0.25, 0.3) is 5.91 Å². The molecule has 0 heterocycles. The second-order valence-electron chi connectivity index (χ2n) is 7.39. The van der Waals surface area contributed by atoms with Crippen LogP contribution in [0.3, 0.4) is 0 Å². The topological polar surface area (TPSA) is 85.3 Å². The van der Waals surface area contributed by atoms with Crippen LogP contribution < -0.4 is 14.2 Å². The third-order valence-electron chi connectivity index (χ3n) is 5.33. The summed E-state index contributed by atoms with van der Waals surface area (Å²) in [5.41, 5.74) is 1.80. The number of carbonyl (C=O) groups excluding carboxylic acids is 1. The SMILES string of the molecule is COc1cccc(CN(C(=O)COc2c(OC)cccc2C(=O)O)[C@@H](C)c2ccccc2)c1. The van der Waals surface area contributed by atoms with Gasteiger partial charge in [0.05, 0.1) is 20.3 Å². The second kappa shape index (κ2) is 11.0. The number of aromatic carboxylic acids is 1. The summed E-state index contributed by atoms with van der Waals surface area (Å²) in [5.74, 6) is -0.491. The normalized spacial score (nSPS) is 11.4. The zero-order chi connectivity index (χ0) is 23.8. The molecule has 0 aliphatic carbocycles. The minimum atomic E-state index is -1.16. The number of hydrogen-bond acceptors (Lipinski definition) is 5. The third kappa shape index (κ3) is 5.83. The van der Waals surface area contributed by atoms with E-state index in [1.165, 1.54) is 13.2 Å². The lowest BCUT2D eigenvalue weighted by molar-refractivity contribution is -0.136. The van der Waals surface area contributed by atoms with E-state index in [-0.39, 0.29) is 35.6 Å². The van der Waals surface area contributed by atoms with Crippen molar-refractivity contribution in [1.29, 1.82) is 0 Å². The number of rotatable bonds is 10. The van der Waals surface area contributed by atoms with Gasteiger partial charge in [0, 0.05) is 6.54 Å². The Morgan fingerprint density at radius 3 is 2.33 bits per heavy atom. The van der Waals surface area contributed by atoms with Crippen LogP contribution in [0.5, 0.6) is 17.2 Å². The standard InChI is InChI=1S/C26H27NO6/c1-18(20-10-5-4-6-11-20)27(16-19-9-7-12-21(15-19)31-2)24(28)17-33-25-22(26(29)30)13-8-14-23(25)32-3/h4-15,18H,16-17H2,1-3H3,(H,29,30)/t18-/m0/s1. The maximum Gasteiger partial charge on any atom is 0.339 e. The first-order chi connectivity index (χ1) is 15.9. The molecule has 0 fully saturated rings. The van der Waals surface area contributed by atoms with Crippen molar-refractivity contribution in [3.05, 3.63) is 89.5 Å². The summed E-state index contributed by atoms with van der Waals surface area (Å²) in [6.45, 7) is 1.92. The summed E-state index contributed by atoms with van der Waals surface area (Å²) in [5, 5.41) is 9.50. The molecule has 0 saturated carbocycles. The minimum Gasteiger partial charge on any atom is -0.497 e. The number of methoxy groups -OCH3 is 2. The van der Waals surface area contributed by atoms with Gasteiger partial charge in [0.15, 0.2) is 18.1 Å². The lowest BCUT2D eigenvalue weighted by Gasteiger charge is -2.30. The number of carboxylic acid groups (broad SMARTS) is 1. The quantitative estimate of drug-likeness (QED) is 0.488. The lowest BCUT2D eigenvalue weighted by atomic mass is 10.1. The summed E-state index contributed by atoms with van der Waals surface area (Å²) in [6.07, 6.45) is 0. The van der Waals surface area contributed by atoms with E-state index < -0.39 is 5.97 Å². The third-order valence-corrected chi connectivity index (χ3v) is 5.33. The van der Waals surface area contributed by atoms with Crippen molar-refractivity contribution in [2.24, 2.45) is 0 Å². The van der Waals surface area contributed by atoms with Crippen LogP contribution in [0.25, 0.3) is 0 Å². The summed E-state index contributed by atoms with van der Waals surface area (Å²) in [7, 11) is 3.01. The smallest absolute Gasteiger partial charge is 0.339 e. The van der Waals surface area contributed by atoms with Gasteiger partial charge in [-0.1, -0.05) is 48.5 Å². The molecule has 1 amide bonds. The summed E-state index contributed by atoms with van der Waals surface area (Å²) in [6, 6.07) is 21.5. The van der Waals surface area contributed by atoms with Gasteiger partial charge in [-0.2, -0.15) is 0 Å². The van der Waals surface area contributed by atoms with E-state index in [1.54, 1.807) is 24.1 Å². The molecular formula is C26H27NO6. The molecule has 0 aliphatic heterocycles. The molecule has 0 aromatic heterocycles. The number of para-hydroxylation sites is 1. The average molecular weight is 450 g/mol. The summed E-state index contributed by atoms with van der Waals surface area (Å²) in [4.78, 5) is 26.7. The molecule has 1 atom stereocenters. The first kappa shape index (κ1) is 23.7. The fraction of sp³-hybridized carbons (Fsp3) is 0.231. The van der Waals surface area contributed by atoms with E-state index in [2.05, 4.69) is 0 Å². The highest BCUT2D eigenvalue weighted by molar-refractivity contribution is 5.92. The molecule has 0 bridgehead atoms. The maximum absolute atomic E-state index is 13.4. The minimum absolute atomic E-state index is 0.0227. The molecule has 0 unspecified atom stereocenters. The van der Waals surface area contributed by atoms with Crippen LogP contribution in [0, 0.1) is 0 Å². The molecule has 3 aromatic rings. The monoisotopic (exact) mass is 449 g/mol. The number of nitrogens with zero attached hydrogens (tertiary/aromatic N) is 1. The highest BCUT2D eigenvalue weighted by Crippen LogP contribution is 2.31. The van der Waals surface area contributed by atoms with Crippen molar-refractivity contribution >= 4 is 11.9 Å². The number of ether oxygens (including phenoxy) is 3. The van der Waals surface area contributed by atoms with E-state index in [9.17, 15) is 14.7 Å². The number of amides is 1. The Kier molecular flexibility index (Phi) is 7.91. The lowest BCUT2D eigenvalue weighted by Crippen LogP contribution is -2.36. The van der Waals surface area contributed by atoms with Crippen molar-refractivity contribution in [1.82, 2.24) is 4.90 Å². The molecule has 33 heavy (non-hydrogen) atoms. The van der Waals surface area contributed by atoms with Gasteiger partial charge >= 0.3 is 5.97 Å². The molecule has 3 rings (SSSR count). The van der Waals surface area contributed by atoms with Crippen LogP contribution in [0.1, 0.15) is 34.5 Å². The zero-order valence-electron chi connectivity index (χ0n) is 18.9. The van der Waals surface area contributed by atoms with Crippen molar-refractivity contribution in [3.8, 4) is 17.2 Å². The Morgan fingerprint density at radius 1 is 0.939 bits per heavy atom. The summed E-state index contributed by atoms with van der Waals surface area (Å²) >= 11 is 0. The van der Waals surface area contributed by atoms with Gasteiger partial charge in [-0.15, -0.1) is 0 Å². The van der Waals surface area contributed by atoms with Gasteiger partial charge < -0.3 is 24.2 Å². The number of carboxylic acids is 1. The largest absolute Gasteiger partial charge is 0.497 e.